The molecule has 0 bridgehead atoms. The molecule has 0 unspecified atom stereocenters. The van der Waals surface area contributed by atoms with Crippen LogP contribution in [0.25, 0.3) is 16.3 Å². The maximum atomic E-state index is 4.76. The van der Waals surface area contributed by atoms with Crippen LogP contribution in [-0.2, 0) is 6.42 Å². The lowest BCUT2D eigenvalue weighted by Crippen LogP contribution is -2.20. The number of hydrogen-bond acceptors (Lipinski definition) is 5. The number of aromatic nitrogens is 2. The zero-order chi connectivity index (χ0) is 14.2. The lowest BCUT2D eigenvalue weighted by Gasteiger charge is -2.15. The van der Waals surface area contributed by atoms with Crippen LogP contribution in [0.15, 0.2) is 24.9 Å². The molecule has 2 aromatic rings. The molecule has 1 saturated heterocycles. The standard InChI is InChI=1S/C16H18N4S/c1-11-15-13(6-7-17-11)19-16(21-15)12-4-5-14(18-10-12)20-8-2-3-9-20/h4-5,10,17H,1-3,6-9H2. The molecule has 1 N–H and O–H groups in total. The average Bonchev–Trinajstić information content (AvgIpc) is 3.18. The molecule has 0 amide bonds. The minimum atomic E-state index is 0.932. The second-order valence-electron chi connectivity index (χ2n) is 5.55. The Morgan fingerprint density at radius 1 is 1.24 bits per heavy atom. The van der Waals surface area contributed by atoms with E-state index in [1.165, 1.54) is 23.4 Å². The minimum absolute atomic E-state index is 0.932. The maximum Gasteiger partial charge on any atom is 0.128 e. The van der Waals surface area contributed by atoms with Crippen LogP contribution in [0.5, 0.6) is 0 Å². The molecule has 2 aliphatic rings. The SMILES string of the molecule is C=C1NCCc2nc(-c3ccc(N4CCCC4)nc3)sc21. The highest BCUT2D eigenvalue weighted by Gasteiger charge is 2.19. The van der Waals surface area contributed by atoms with E-state index in [2.05, 4.69) is 33.9 Å². The molecule has 108 valence electrons. The fourth-order valence-corrected chi connectivity index (χ4v) is 3.99. The molecule has 0 aromatic carbocycles. The molecule has 1 fully saturated rings. The fourth-order valence-electron chi connectivity index (χ4n) is 2.94. The van der Waals surface area contributed by atoms with Gasteiger partial charge in [0.2, 0.25) is 0 Å². The first-order valence-corrected chi connectivity index (χ1v) is 8.27. The van der Waals surface area contributed by atoms with E-state index < -0.39 is 0 Å². The zero-order valence-corrected chi connectivity index (χ0v) is 12.7. The predicted octanol–water partition coefficient (Wildman–Crippen LogP) is 2.92. The van der Waals surface area contributed by atoms with Gasteiger partial charge < -0.3 is 10.2 Å². The monoisotopic (exact) mass is 298 g/mol. The van der Waals surface area contributed by atoms with E-state index in [1.807, 2.05) is 6.20 Å². The quantitative estimate of drug-likeness (QED) is 0.925. The smallest absolute Gasteiger partial charge is 0.128 e. The zero-order valence-electron chi connectivity index (χ0n) is 11.9. The van der Waals surface area contributed by atoms with Crippen LogP contribution >= 0.6 is 11.3 Å². The number of anilines is 1. The number of thiazole rings is 1. The first kappa shape index (κ1) is 12.8. The summed E-state index contributed by atoms with van der Waals surface area (Å²) in [5, 5.41) is 4.35. The van der Waals surface area contributed by atoms with E-state index in [-0.39, 0.29) is 0 Å². The van der Waals surface area contributed by atoms with Crippen molar-refractivity contribution in [1.82, 2.24) is 15.3 Å². The number of fused-ring (bicyclic) bond motifs is 1. The summed E-state index contributed by atoms with van der Waals surface area (Å²) in [4.78, 5) is 12.9. The van der Waals surface area contributed by atoms with Crippen LogP contribution in [-0.4, -0.2) is 29.6 Å². The van der Waals surface area contributed by atoms with Crippen molar-refractivity contribution < 1.29 is 0 Å². The van der Waals surface area contributed by atoms with Gasteiger partial charge in [0, 0.05) is 43.5 Å². The average molecular weight is 298 g/mol. The summed E-state index contributed by atoms with van der Waals surface area (Å²) in [7, 11) is 0. The summed E-state index contributed by atoms with van der Waals surface area (Å²) in [6.45, 7) is 7.25. The normalized spacial score (nSPS) is 17.7. The van der Waals surface area contributed by atoms with E-state index >= 15 is 0 Å². The van der Waals surface area contributed by atoms with Crippen molar-refractivity contribution >= 4 is 22.9 Å². The number of hydrogen-bond donors (Lipinski definition) is 1. The molecular weight excluding hydrogens is 280 g/mol. The Labute approximate surface area is 128 Å². The molecule has 0 saturated carbocycles. The first-order valence-electron chi connectivity index (χ1n) is 7.45. The van der Waals surface area contributed by atoms with Crippen molar-refractivity contribution in [3.05, 3.63) is 35.5 Å². The Hall–Kier alpha value is -1.88. The topological polar surface area (TPSA) is 41.1 Å². The van der Waals surface area contributed by atoms with Crippen molar-refractivity contribution in [2.24, 2.45) is 0 Å². The fraction of sp³-hybridized carbons (Fsp3) is 0.375. The number of rotatable bonds is 2. The third-order valence-corrected chi connectivity index (χ3v) is 5.30. The summed E-state index contributed by atoms with van der Waals surface area (Å²) in [5.74, 6) is 1.09. The van der Waals surface area contributed by atoms with Gasteiger partial charge in [0.25, 0.3) is 0 Å². The van der Waals surface area contributed by atoms with Gasteiger partial charge in [0.05, 0.1) is 10.6 Å². The summed E-state index contributed by atoms with van der Waals surface area (Å²) in [5.41, 5.74) is 3.27. The van der Waals surface area contributed by atoms with Gasteiger partial charge in [-0.2, -0.15) is 0 Å². The van der Waals surface area contributed by atoms with Gasteiger partial charge in [-0.25, -0.2) is 9.97 Å². The van der Waals surface area contributed by atoms with Crippen LogP contribution in [0.4, 0.5) is 5.82 Å². The van der Waals surface area contributed by atoms with Crippen molar-refractivity contribution in [3.8, 4) is 10.6 Å². The van der Waals surface area contributed by atoms with Gasteiger partial charge in [-0.3, -0.25) is 0 Å². The third kappa shape index (κ3) is 2.31. The molecule has 21 heavy (non-hydrogen) atoms. The highest BCUT2D eigenvalue weighted by molar-refractivity contribution is 7.16. The summed E-state index contributed by atoms with van der Waals surface area (Å²) in [6.07, 6.45) is 5.48. The lowest BCUT2D eigenvalue weighted by molar-refractivity contribution is 0.803. The predicted molar refractivity (Wildman–Crippen MR) is 87.5 cm³/mol. The Kier molecular flexibility index (Phi) is 3.15. The number of pyridine rings is 1. The van der Waals surface area contributed by atoms with Gasteiger partial charge in [0.15, 0.2) is 0 Å². The van der Waals surface area contributed by atoms with Crippen LogP contribution < -0.4 is 10.2 Å². The van der Waals surface area contributed by atoms with Crippen LogP contribution in [0.2, 0.25) is 0 Å². The molecule has 0 spiro atoms. The van der Waals surface area contributed by atoms with E-state index in [0.717, 1.165) is 48.1 Å². The number of nitrogens with one attached hydrogen (secondary N) is 1. The largest absolute Gasteiger partial charge is 0.384 e. The Morgan fingerprint density at radius 2 is 2.10 bits per heavy atom. The van der Waals surface area contributed by atoms with E-state index in [0.29, 0.717) is 0 Å². The highest BCUT2D eigenvalue weighted by atomic mass is 32.1. The number of nitrogens with zero attached hydrogens (tertiary/aromatic N) is 3. The molecule has 0 aliphatic carbocycles. The summed E-state index contributed by atoms with van der Waals surface area (Å²) in [6, 6.07) is 4.26. The second-order valence-corrected chi connectivity index (χ2v) is 6.55. The molecule has 4 heterocycles. The van der Waals surface area contributed by atoms with Gasteiger partial charge in [-0.1, -0.05) is 6.58 Å². The van der Waals surface area contributed by atoms with Crippen molar-refractivity contribution in [2.45, 2.75) is 19.3 Å². The molecule has 0 atom stereocenters. The molecule has 2 aromatic heterocycles. The molecule has 5 heteroatoms. The summed E-state index contributed by atoms with van der Waals surface area (Å²) >= 11 is 1.71. The lowest BCUT2D eigenvalue weighted by atomic mass is 10.2. The van der Waals surface area contributed by atoms with Crippen LogP contribution in [0, 0.1) is 0 Å². The van der Waals surface area contributed by atoms with Crippen molar-refractivity contribution in [3.63, 3.8) is 0 Å². The van der Waals surface area contributed by atoms with Crippen LogP contribution in [0.3, 0.4) is 0 Å². The van der Waals surface area contributed by atoms with Gasteiger partial charge in [-0.15, -0.1) is 11.3 Å². The van der Waals surface area contributed by atoms with Gasteiger partial charge in [0.1, 0.15) is 10.8 Å². The molecule has 0 radical (unpaired) electrons. The molecule has 4 nitrogen and oxygen atoms in total. The minimum Gasteiger partial charge on any atom is -0.384 e. The maximum absolute atomic E-state index is 4.76. The van der Waals surface area contributed by atoms with Crippen molar-refractivity contribution in [2.75, 3.05) is 24.5 Å². The van der Waals surface area contributed by atoms with Crippen LogP contribution in [0.1, 0.15) is 23.4 Å². The van der Waals surface area contributed by atoms with E-state index in [9.17, 15) is 0 Å². The van der Waals surface area contributed by atoms with Gasteiger partial charge in [-0.05, 0) is 25.0 Å². The highest BCUT2D eigenvalue weighted by Crippen LogP contribution is 2.33. The Morgan fingerprint density at radius 3 is 2.81 bits per heavy atom. The van der Waals surface area contributed by atoms with E-state index in [4.69, 9.17) is 4.98 Å². The Bertz CT molecular complexity index is 668. The third-order valence-electron chi connectivity index (χ3n) is 4.10. The molecular formula is C16H18N4S. The summed E-state index contributed by atoms with van der Waals surface area (Å²) < 4.78 is 0. The van der Waals surface area contributed by atoms with Gasteiger partial charge >= 0.3 is 0 Å². The van der Waals surface area contributed by atoms with E-state index in [1.54, 1.807) is 11.3 Å². The molecule has 4 rings (SSSR count). The Balaban J connectivity index is 1.63. The molecule has 2 aliphatic heterocycles. The first-order chi connectivity index (χ1) is 10.3. The second kappa shape index (κ2) is 5.15. The van der Waals surface area contributed by atoms with Crippen molar-refractivity contribution in [1.29, 1.82) is 0 Å².